The number of fused-ring (bicyclic) bond motifs is 2. The van der Waals surface area contributed by atoms with Gasteiger partial charge in [0.15, 0.2) is 17.1 Å². The highest BCUT2D eigenvalue weighted by Crippen LogP contribution is 2.39. The van der Waals surface area contributed by atoms with Crippen LogP contribution in [0.1, 0.15) is 54.5 Å². The highest BCUT2D eigenvalue weighted by Gasteiger charge is 2.35. The fourth-order valence-corrected chi connectivity index (χ4v) is 4.39. The first-order valence-electron chi connectivity index (χ1n) is 8.97. The zero-order chi connectivity index (χ0) is 17.7. The molecule has 2 aromatic heterocycles. The van der Waals surface area contributed by atoms with Gasteiger partial charge in [-0.25, -0.2) is 19.5 Å². The van der Waals surface area contributed by atoms with Crippen LogP contribution in [0.2, 0.25) is 0 Å². The van der Waals surface area contributed by atoms with Crippen molar-refractivity contribution in [3.8, 4) is 0 Å². The van der Waals surface area contributed by atoms with Gasteiger partial charge in [0.1, 0.15) is 6.33 Å². The Morgan fingerprint density at radius 3 is 2.85 bits per heavy atom. The molecule has 2 heterocycles. The van der Waals surface area contributed by atoms with Gasteiger partial charge in [0.25, 0.3) is 0 Å². The van der Waals surface area contributed by atoms with Gasteiger partial charge in [-0.15, -0.1) is 0 Å². The van der Waals surface area contributed by atoms with Gasteiger partial charge < -0.3 is 0 Å². The SMILES string of the molecule is [C-]#[N+]c1ccc2c(c1)CC(=O)C2c1ncnc2c1cnn2C1CCCC1. The number of carbonyl (C=O) groups is 1. The van der Waals surface area contributed by atoms with Gasteiger partial charge in [-0.05, 0) is 24.0 Å². The van der Waals surface area contributed by atoms with Crippen molar-refractivity contribution in [3.05, 3.63) is 59.0 Å². The lowest BCUT2D eigenvalue weighted by Gasteiger charge is -2.13. The maximum absolute atomic E-state index is 12.8. The van der Waals surface area contributed by atoms with Crippen LogP contribution in [-0.2, 0) is 11.2 Å². The van der Waals surface area contributed by atoms with E-state index in [9.17, 15) is 4.79 Å². The quantitative estimate of drug-likeness (QED) is 0.665. The van der Waals surface area contributed by atoms with Crippen LogP contribution < -0.4 is 0 Å². The minimum atomic E-state index is -0.392. The number of benzene rings is 1. The van der Waals surface area contributed by atoms with E-state index in [0.29, 0.717) is 18.2 Å². The van der Waals surface area contributed by atoms with Gasteiger partial charge in [-0.1, -0.05) is 31.0 Å². The van der Waals surface area contributed by atoms with Crippen LogP contribution in [0.15, 0.2) is 30.7 Å². The van der Waals surface area contributed by atoms with Crippen LogP contribution in [0.5, 0.6) is 0 Å². The normalized spacial score (nSPS) is 19.8. The first kappa shape index (κ1) is 15.2. The summed E-state index contributed by atoms with van der Waals surface area (Å²) in [5.41, 5.74) is 4.01. The Kier molecular flexibility index (Phi) is 3.35. The van der Waals surface area contributed by atoms with Gasteiger partial charge >= 0.3 is 0 Å². The standard InChI is InChI=1S/C20H17N5O/c1-21-13-6-7-15-12(8-13)9-17(26)18(15)19-16-10-24-25(14-4-2-3-5-14)20(16)23-11-22-19/h6-8,10-11,14,18H,2-5,9H2. The van der Waals surface area contributed by atoms with E-state index in [4.69, 9.17) is 6.57 Å². The Hall–Kier alpha value is -3.07. The van der Waals surface area contributed by atoms with E-state index >= 15 is 0 Å². The highest BCUT2D eigenvalue weighted by molar-refractivity contribution is 5.98. The largest absolute Gasteiger partial charge is 0.298 e. The fraction of sp³-hybridized carbons (Fsp3) is 0.350. The van der Waals surface area contributed by atoms with Gasteiger partial charge in [-0.2, -0.15) is 5.10 Å². The van der Waals surface area contributed by atoms with Crippen molar-refractivity contribution in [2.24, 2.45) is 0 Å². The summed E-state index contributed by atoms with van der Waals surface area (Å²) in [6.07, 6.45) is 8.40. The van der Waals surface area contributed by atoms with Crippen molar-refractivity contribution in [2.45, 2.75) is 44.1 Å². The molecule has 0 radical (unpaired) electrons. The Balaban J connectivity index is 1.64. The summed E-state index contributed by atoms with van der Waals surface area (Å²) < 4.78 is 2.01. The van der Waals surface area contributed by atoms with Gasteiger partial charge in [0.05, 0.1) is 35.8 Å². The van der Waals surface area contributed by atoms with Crippen molar-refractivity contribution in [3.63, 3.8) is 0 Å². The average Bonchev–Trinajstić information content (AvgIpc) is 3.38. The van der Waals surface area contributed by atoms with Crippen molar-refractivity contribution in [1.29, 1.82) is 0 Å². The predicted octanol–water partition coefficient (Wildman–Crippen LogP) is 3.75. The van der Waals surface area contributed by atoms with Crippen molar-refractivity contribution >= 4 is 22.5 Å². The zero-order valence-corrected chi connectivity index (χ0v) is 14.2. The van der Waals surface area contributed by atoms with Crippen molar-refractivity contribution in [2.75, 3.05) is 0 Å². The molecule has 1 atom stereocenters. The molecule has 0 N–H and O–H groups in total. The summed E-state index contributed by atoms with van der Waals surface area (Å²) in [5.74, 6) is -0.271. The van der Waals surface area contributed by atoms with E-state index in [1.54, 1.807) is 12.4 Å². The number of carbonyl (C=O) groups excluding carboxylic acids is 1. The second-order valence-corrected chi connectivity index (χ2v) is 7.09. The summed E-state index contributed by atoms with van der Waals surface area (Å²) in [4.78, 5) is 25.2. The second-order valence-electron chi connectivity index (χ2n) is 7.09. The maximum atomic E-state index is 12.8. The van der Waals surface area contributed by atoms with Crippen molar-refractivity contribution < 1.29 is 4.79 Å². The van der Waals surface area contributed by atoms with Crippen LogP contribution in [0.25, 0.3) is 15.9 Å². The molecule has 6 heteroatoms. The molecule has 0 amide bonds. The highest BCUT2D eigenvalue weighted by atomic mass is 16.1. The molecule has 0 spiro atoms. The van der Waals surface area contributed by atoms with Crippen LogP contribution >= 0.6 is 0 Å². The van der Waals surface area contributed by atoms with Crippen LogP contribution in [-0.4, -0.2) is 25.5 Å². The van der Waals surface area contributed by atoms with Gasteiger partial charge in [0.2, 0.25) is 0 Å². The fourth-order valence-electron chi connectivity index (χ4n) is 4.39. The van der Waals surface area contributed by atoms with E-state index in [1.165, 1.54) is 12.8 Å². The summed E-state index contributed by atoms with van der Waals surface area (Å²) in [5, 5.41) is 5.44. The summed E-state index contributed by atoms with van der Waals surface area (Å²) >= 11 is 0. The third-order valence-electron chi connectivity index (χ3n) is 5.62. The number of nitrogens with zero attached hydrogens (tertiary/aromatic N) is 5. The summed E-state index contributed by atoms with van der Waals surface area (Å²) in [6.45, 7) is 7.17. The van der Waals surface area contributed by atoms with E-state index in [2.05, 4.69) is 19.9 Å². The lowest BCUT2D eigenvalue weighted by molar-refractivity contribution is -0.118. The van der Waals surface area contributed by atoms with Crippen LogP contribution in [0, 0.1) is 6.57 Å². The van der Waals surface area contributed by atoms with Crippen LogP contribution in [0.4, 0.5) is 5.69 Å². The smallest absolute Gasteiger partial charge is 0.187 e. The summed E-state index contributed by atoms with van der Waals surface area (Å²) in [6, 6.07) is 5.88. The molecule has 0 bridgehead atoms. The molecule has 128 valence electrons. The number of ketones is 1. The number of hydrogen-bond acceptors (Lipinski definition) is 4. The third-order valence-corrected chi connectivity index (χ3v) is 5.62. The lowest BCUT2D eigenvalue weighted by Crippen LogP contribution is -2.11. The topological polar surface area (TPSA) is 65.0 Å². The monoisotopic (exact) mass is 343 g/mol. The molecule has 6 nitrogen and oxygen atoms in total. The number of aromatic nitrogens is 4. The molecular formula is C20H17N5O. The Morgan fingerprint density at radius 2 is 2.04 bits per heavy atom. The molecule has 5 rings (SSSR count). The van der Waals surface area contributed by atoms with Crippen molar-refractivity contribution in [1.82, 2.24) is 19.7 Å². The molecule has 1 unspecified atom stereocenters. The molecule has 3 aromatic rings. The molecule has 26 heavy (non-hydrogen) atoms. The summed E-state index contributed by atoms with van der Waals surface area (Å²) in [7, 11) is 0. The molecule has 0 saturated heterocycles. The van der Waals surface area contributed by atoms with E-state index < -0.39 is 5.92 Å². The minimum Gasteiger partial charge on any atom is -0.298 e. The molecule has 2 aliphatic rings. The average molecular weight is 343 g/mol. The number of rotatable bonds is 2. The minimum absolute atomic E-state index is 0.121. The molecule has 1 saturated carbocycles. The molecule has 1 aromatic carbocycles. The van der Waals surface area contributed by atoms with Crippen LogP contribution in [0.3, 0.4) is 0 Å². The van der Waals surface area contributed by atoms with E-state index in [-0.39, 0.29) is 5.78 Å². The molecule has 1 fully saturated rings. The predicted molar refractivity (Wildman–Crippen MR) is 96.1 cm³/mol. The second kappa shape index (κ2) is 5.73. The maximum Gasteiger partial charge on any atom is 0.187 e. The van der Waals surface area contributed by atoms with E-state index in [0.717, 1.165) is 40.7 Å². The molecule has 0 aliphatic heterocycles. The van der Waals surface area contributed by atoms with Gasteiger partial charge in [0, 0.05) is 6.42 Å². The van der Waals surface area contributed by atoms with Gasteiger partial charge in [-0.3, -0.25) is 4.79 Å². The molecule has 2 aliphatic carbocycles. The number of Topliss-reactive ketones (excluding diaryl/α,β-unsaturated/α-hetero) is 1. The Bertz CT molecular complexity index is 1070. The zero-order valence-electron chi connectivity index (χ0n) is 14.2. The third kappa shape index (κ3) is 2.17. The number of hydrogen-bond donors (Lipinski definition) is 0. The first-order valence-corrected chi connectivity index (χ1v) is 8.97. The first-order chi connectivity index (χ1) is 12.8. The molecular weight excluding hydrogens is 326 g/mol. The Labute approximate surface area is 150 Å². The Morgan fingerprint density at radius 1 is 1.19 bits per heavy atom. The lowest BCUT2D eigenvalue weighted by atomic mass is 9.95. The van der Waals surface area contributed by atoms with E-state index in [1.807, 2.05) is 23.0 Å².